The summed E-state index contributed by atoms with van der Waals surface area (Å²) in [5, 5.41) is 9.56. The lowest BCUT2D eigenvalue weighted by Crippen LogP contribution is -2.43. The Kier molecular flexibility index (Phi) is 2.65. The third kappa shape index (κ3) is 1.65. The summed E-state index contributed by atoms with van der Waals surface area (Å²) in [4.78, 5) is 14.2. The minimum atomic E-state index is -0.758. The van der Waals surface area contributed by atoms with Crippen LogP contribution in [0.3, 0.4) is 0 Å². The highest BCUT2D eigenvalue weighted by Crippen LogP contribution is 2.55. The normalized spacial score (nSPS) is 35.0. The molecule has 0 aromatic heterocycles. The lowest BCUT2D eigenvalue weighted by Gasteiger charge is -2.46. The summed E-state index contributed by atoms with van der Waals surface area (Å²) in [7, 11) is 0. The van der Waals surface area contributed by atoms with E-state index >= 15 is 0 Å². The predicted molar refractivity (Wildman–Crippen MR) is 85.8 cm³/mol. The summed E-state index contributed by atoms with van der Waals surface area (Å²) in [5.41, 5.74) is 4.70. The standard InChI is InChI=1S/C19H23NO2/c21-19(22)13-7-16-14-5-1-3-11(14)9-20-10-12-4-2-6-15(12)17(8-13)18(16)20/h7-8,11-12,14-15H,1-6,9-10H2,(H,21,22)/t11-,12+,14+,15-. The summed E-state index contributed by atoms with van der Waals surface area (Å²) >= 11 is 0. The SMILES string of the molecule is O=C(O)c1cc2c3c(c1)[C@@H]1CCC[C@H]1CN3C[C@H]1CCC[C@H]21. The zero-order valence-electron chi connectivity index (χ0n) is 12.9. The Bertz CT molecular complexity index is 608. The second-order valence-electron chi connectivity index (χ2n) is 7.81. The van der Waals surface area contributed by atoms with Gasteiger partial charge in [0.05, 0.1) is 5.56 Å². The van der Waals surface area contributed by atoms with Gasteiger partial charge in [0.2, 0.25) is 0 Å². The van der Waals surface area contributed by atoms with Crippen LogP contribution >= 0.6 is 0 Å². The van der Waals surface area contributed by atoms with Crippen LogP contribution in [0.25, 0.3) is 0 Å². The molecule has 116 valence electrons. The summed E-state index contributed by atoms with van der Waals surface area (Å²) in [5.74, 6) is 1.97. The number of nitrogens with zero attached hydrogens (tertiary/aromatic N) is 1. The van der Waals surface area contributed by atoms with E-state index in [0.717, 1.165) is 11.8 Å². The second-order valence-corrected chi connectivity index (χ2v) is 7.81. The fourth-order valence-electron chi connectivity index (χ4n) is 5.89. The molecule has 2 saturated carbocycles. The molecule has 4 atom stereocenters. The number of anilines is 1. The van der Waals surface area contributed by atoms with Gasteiger partial charge in [-0.3, -0.25) is 0 Å². The number of carboxylic acids is 1. The van der Waals surface area contributed by atoms with E-state index in [0.29, 0.717) is 17.4 Å². The number of benzene rings is 1. The number of hydrogen-bond acceptors (Lipinski definition) is 2. The van der Waals surface area contributed by atoms with Crippen LogP contribution in [-0.2, 0) is 0 Å². The summed E-state index contributed by atoms with van der Waals surface area (Å²) in [6, 6.07) is 4.01. The van der Waals surface area contributed by atoms with Crippen molar-refractivity contribution in [1.82, 2.24) is 0 Å². The van der Waals surface area contributed by atoms with Crippen LogP contribution in [0.5, 0.6) is 0 Å². The van der Waals surface area contributed by atoms with E-state index in [1.165, 1.54) is 68.4 Å². The van der Waals surface area contributed by atoms with Crippen molar-refractivity contribution in [1.29, 1.82) is 0 Å². The molecule has 2 aliphatic carbocycles. The van der Waals surface area contributed by atoms with Gasteiger partial charge in [-0.25, -0.2) is 4.79 Å². The highest BCUT2D eigenvalue weighted by molar-refractivity contribution is 5.90. The van der Waals surface area contributed by atoms with Crippen LogP contribution in [0.15, 0.2) is 12.1 Å². The molecule has 0 unspecified atom stereocenters. The van der Waals surface area contributed by atoms with Crippen molar-refractivity contribution in [2.45, 2.75) is 50.4 Å². The van der Waals surface area contributed by atoms with Crippen molar-refractivity contribution in [2.75, 3.05) is 18.0 Å². The number of aromatic carboxylic acids is 1. The Hall–Kier alpha value is -1.51. The van der Waals surface area contributed by atoms with Crippen LogP contribution in [0.2, 0.25) is 0 Å². The molecule has 1 aromatic rings. The fraction of sp³-hybridized carbons (Fsp3) is 0.632. The zero-order valence-corrected chi connectivity index (χ0v) is 12.9. The van der Waals surface area contributed by atoms with Crippen molar-refractivity contribution in [3.05, 3.63) is 28.8 Å². The molecule has 0 spiro atoms. The molecular formula is C19H23NO2. The van der Waals surface area contributed by atoms with Gasteiger partial charge in [0, 0.05) is 18.8 Å². The highest BCUT2D eigenvalue weighted by Gasteiger charge is 2.44. The van der Waals surface area contributed by atoms with Crippen LogP contribution in [-0.4, -0.2) is 24.2 Å². The van der Waals surface area contributed by atoms with E-state index in [4.69, 9.17) is 0 Å². The molecule has 2 fully saturated rings. The first-order chi connectivity index (χ1) is 10.7. The van der Waals surface area contributed by atoms with E-state index in [2.05, 4.69) is 4.90 Å². The molecule has 1 N–H and O–H groups in total. The predicted octanol–water partition coefficient (Wildman–Crippen LogP) is 3.99. The van der Waals surface area contributed by atoms with Crippen LogP contribution < -0.4 is 4.90 Å². The summed E-state index contributed by atoms with van der Waals surface area (Å²) in [6.45, 7) is 2.42. The fourth-order valence-corrected chi connectivity index (χ4v) is 5.89. The van der Waals surface area contributed by atoms with Gasteiger partial charge < -0.3 is 10.0 Å². The number of fused-ring (bicyclic) bond motifs is 4. The molecular weight excluding hydrogens is 274 g/mol. The van der Waals surface area contributed by atoms with E-state index < -0.39 is 5.97 Å². The van der Waals surface area contributed by atoms with Gasteiger partial charge >= 0.3 is 5.97 Å². The first-order valence-electron chi connectivity index (χ1n) is 8.88. The molecule has 1 aromatic carbocycles. The maximum atomic E-state index is 11.6. The van der Waals surface area contributed by atoms with Gasteiger partial charge in [0.25, 0.3) is 0 Å². The Balaban J connectivity index is 1.74. The largest absolute Gasteiger partial charge is 0.478 e. The molecule has 0 saturated heterocycles. The molecule has 5 rings (SSSR count). The molecule has 0 amide bonds. The van der Waals surface area contributed by atoms with Crippen LogP contribution in [0.4, 0.5) is 5.69 Å². The van der Waals surface area contributed by atoms with Gasteiger partial charge in [0.1, 0.15) is 0 Å². The molecule has 3 nitrogen and oxygen atoms in total. The Morgan fingerprint density at radius 3 is 2.00 bits per heavy atom. The number of hydrogen-bond donors (Lipinski definition) is 1. The van der Waals surface area contributed by atoms with Crippen molar-refractivity contribution >= 4 is 11.7 Å². The lowest BCUT2D eigenvalue weighted by molar-refractivity contribution is 0.0696. The van der Waals surface area contributed by atoms with Crippen LogP contribution in [0, 0.1) is 11.8 Å². The maximum Gasteiger partial charge on any atom is 0.335 e. The van der Waals surface area contributed by atoms with Gasteiger partial charge in [-0.15, -0.1) is 0 Å². The van der Waals surface area contributed by atoms with Crippen molar-refractivity contribution in [2.24, 2.45) is 11.8 Å². The molecule has 22 heavy (non-hydrogen) atoms. The van der Waals surface area contributed by atoms with E-state index in [1.54, 1.807) is 0 Å². The molecule has 2 heterocycles. The number of carboxylic acid groups (broad SMARTS) is 1. The molecule has 0 radical (unpaired) electrons. The van der Waals surface area contributed by atoms with Gasteiger partial charge in [-0.1, -0.05) is 12.8 Å². The molecule has 4 aliphatic rings. The van der Waals surface area contributed by atoms with Crippen molar-refractivity contribution < 1.29 is 9.90 Å². The minimum Gasteiger partial charge on any atom is -0.478 e. The average Bonchev–Trinajstić information content (AvgIpc) is 3.15. The number of carbonyl (C=O) groups is 1. The Morgan fingerprint density at radius 2 is 1.50 bits per heavy atom. The monoisotopic (exact) mass is 297 g/mol. The minimum absolute atomic E-state index is 0.522. The average molecular weight is 297 g/mol. The third-order valence-electron chi connectivity index (χ3n) is 6.76. The molecule has 2 aliphatic heterocycles. The quantitative estimate of drug-likeness (QED) is 0.852. The Labute approximate surface area is 131 Å². The zero-order chi connectivity index (χ0) is 14.8. The van der Waals surface area contributed by atoms with E-state index in [-0.39, 0.29) is 0 Å². The smallest absolute Gasteiger partial charge is 0.335 e. The lowest BCUT2D eigenvalue weighted by atomic mass is 9.74. The van der Waals surface area contributed by atoms with Crippen molar-refractivity contribution in [3.63, 3.8) is 0 Å². The third-order valence-corrected chi connectivity index (χ3v) is 6.76. The Morgan fingerprint density at radius 1 is 0.955 bits per heavy atom. The molecule has 3 heteroatoms. The first kappa shape index (κ1) is 13.0. The van der Waals surface area contributed by atoms with Gasteiger partial charge in [0.15, 0.2) is 0 Å². The number of rotatable bonds is 1. The topological polar surface area (TPSA) is 40.5 Å². The maximum absolute atomic E-state index is 11.6. The summed E-state index contributed by atoms with van der Waals surface area (Å²) in [6.07, 6.45) is 7.76. The highest BCUT2D eigenvalue weighted by atomic mass is 16.4. The van der Waals surface area contributed by atoms with Crippen molar-refractivity contribution in [3.8, 4) is 0 Å². The molecule has 0 bridgehead atoms. The van der Waals surface area contributed by atoms with Crippen LogP contribution in [0.1, 0.15) is 71.8 Å². The summed E-state index contributed by atoms with van der Waals surface area (Å²) < 4.78 is 0. The van der Waals surface area contributed by atoms with E-state index in [9.17, 15) is 9.90 Å². The first-order valence-corrected chi connectivity index (χ1v) is 8.88. The van der Waals surface area contributed by atoms with Gasteiger partial charge in [-0.2, -0.15) is 0 Å². The van der Waals surface area contributed by atoms with Gasteiger partial charge in [-0.05, 0) is 72.6 Å². The van der Waals surface area contributed by atoms with E-state index in [1.807, 2.05) is 12.1 Å². The second kappa shape index (κ2) is 4.50.